The van der Waals surface area contributed by atoms with Gasteiger partial charge in [0.2, 0.25) is 0 Å². The number of carboxylic acids is 1. The molecule has 3 atom stereocenters. The number of halogens is 3. The third kappa shape index (κ3) is 4.94. The van der Waals surface area contributed by atoms with Crippen LogP contribution in [0.15, 0.2) is 47.1 Å². The van der Waals surface area contributed by atoms with Crippen molar-refractivity contribution in [2.45, 2.75) is 75.6 Å². The van der Waals surface area contributed by atoms with Crippen LogP contribution in [0.25, 0.3) is 11.3 Å². The van der Waals surface area contributed by atoms with Crippen molar-refractivity contribution in [1.29, 1.82) is 0 Å². The van der Waals surface area contributed by atoms with Gasteiger partial charge in [0.15, 0.2) is 0 Å². The van der Waals surface area contributed by atoms with Crippen LogP contribution in [0.5, 0.6) is 5.75 Å². The Morgan fingerprint density at radius 3 is 2.45 bits per heavy atom. The number of anilines is 1. The van der Waals surface area contributed by atoms with Crippen LogP contribution in [0, 0.1) is 0 Å². The van der Waals surface area contributed by atoms with Crippen molar-refractivity contribution in [2.24, 2.45) is 0 Å². The molecule has 3 fully saturated rings. The zero-order valence-corrected chi connectivity index (χ0v) is 20.4. The lowest BCUT2D eigenvalue weighted by molar-refractivity contribution is -0.274. The molecule has 2 aromatic heterocycles. The molecule has 6 rings (SSSR count). The summed E-state index contributed by atoms with van der Waals surface area (Å²) in [5.41, 5.74) is 1.35. The van der Waals surface area contributed by atoms with Crippen molar-refractivity contribution in [3.05, 3.63) is 59.5 Å². The van der Waals surface area contributed by atoms with E-state index in [1.54, 1.807) is 24.3 Å². The van der Waals surface area contributed by atoms with Gasteiger partial charge >= 0.3 is 12.3 Å². The van der Waals surface area contributed by atoms with Crippen LogP contribution in [0.2, 0.25) is 0 Å². The number of hydrogen-bond acceptors (Lipinski definition) is 7. The second-order valence-electron chi connectivity index (χ2n) is 10.1. The molecular formula is C27H26F3N3O5. The van der Waals surface area contributed by atoms with Gasteiger partial charge in [0.1, 0.15) is 23.0 Å². The number of ether oxygens (including phenoxy) is 2. The van der Waals surface area contributed by atoms with E-state index in [1.807, 2.05) is 0 Å². The normalized spacial score (nSPS) is 23.0. The largest absolute Gasteiger partial charge is 0.573 e. The molecule has 1 aromatic carbocycles. The van der Waals surface area contributed by atoms with E-state index in [0.29, 0.717) is 17.0 Å². The summed E-state index contributed by atoms with van der Waals surface area (Å²) < 4.78 is 55.4. The molecule has 0 amide bonds. The van der Waals surface area contributed by atoms with E-state index in [-0.39, 0.29) is 47.6 Å². The number of hydrogen-bond donors (Lipinski definition) is 1. The highest BCUT2D eigenvalue weighted by atomic mass is 19.4. The van der Waals surface area contributed by atoms with Crippen molar-refractivity contribution in [1.82, 2.24) is 10.1 Å². The molecule has 1 saturated carbocycles. The molecule has 1 N–H and O–H groups in total. The number of alkyl halides is 3. The van der Waals surface area contributed by atoms with E-state index in [0.717, 1.165) is 44.3 Å². The van der Waals surface area contributed by atoms with Gasteiger partial charge < -0.3 is 24.0 Å². The Labute approximate surface area is 216 Å². The molecule has 2 aliphatic heterocycles. The molecular weight excluding hydrogens is 503 g/mol. The fraction of sp³-hybridized carbons (Fsp3) is 0.444. The summed E-state index contributed by atoms with van der Waals surface area (Å²) in [5, 5.41) is 13.3. The van der Waals surface area contributed by atoms with Crippen LogP contribution in [-0.4, -0.2) is 45.8 Å². The minimum Gasteiger partial charge on any atom is -0.478 e. The Morgan fingerprint density at radius 2 is 1.82 bits per heavy atom. The first-order valence-electron chi connectivity index (χ1n) is 12.7. The van der Waals surface area contributed by atoms with Crippen LogP contribution >= 0.6 is 0 Å². The molecule has 1 aliphatic carbocycles. The minimum atomic E-state index is -4.83. The third-order valence-corrected chi connectivity index (χ3v) is 7.55. The van der Waals surface area contributed by atoms with Gasteiger partial charge in [-0.1, -0.05) is 17.3 Å². The molecule has 0 radical (unpaired) electrons. The lowest BCUT2D eigenvalue weighted by Crippen LogP contribution is -2.46. The topological polar surface area (TPSA) is 97.9 Å². The molecule has 38 heavy (non-hydrogen) atoms. The quantitative estimate of drug-likeness (QED) is 0.384. The Balaban J connectivity index is 1.19. The van der Waals surface area contributed by atoms with Crippen LogP contribution in [-0.2, 0) is 11.3 Å². The fourth-order valence-corrected chi connectivity index (χ4v) is 5.72. The molecule has 0 spiro atoms. The smallest absolute Gasteiger partial charge is 0.478 e. The number of aromatic carboxylic acids is 1. The van der Waals surface area contributed by atoms with Gasteiger partial charge in [0.25, 0.3) is 0 Å². The summed E-state index contributed by atoms with van der Waals surface area (Å²) in [6, 6.07) is 9.68. The van der Waals surface area contributed by atoms with Crippen molar-refractivity contribution >= 4 is 11.8 Å². The first kappa shape index (κ1) is 24.7. The molecule has 8 nitrogen and oxygen atoms in total. The van der Waals surface area contributed by atoms with Gasteiger partial charge in [-0.15, -0.1) is 13.2 Å². The number of para-hydroxylation sites is 1. The van der Waals surface area contributed by atoms with Gasteiger partial charge in [-0.05, 0) is 62.8 Å². The van der Waals surface area contributed by atoms with Gasteiger partial charge in [-0.3, -0.25) is 0 Å². The highest BCUT2D eigenvalue weighted by Crippen LogP contribution is 2.46. The number of carbonyl (C=O) groups is 1. The van der Waals surface area contributed by atoms with Crippen LogP contribution in [0.4, 0.5) is 19.0 Å². The predicted molar refractivity (Wildman–Crippen MR) is 129 cm³/mol. The van der Waals surface area contributed by atoms with Crippen LogP contribution in [0.1, 0.15) is 66.1 Å². The summed E-state index contributed by atoms with van der Waals surface area (Å²) >= 11 is 0. The Bertz CT molecular complexity index is 1310. The van der Waals surface area contributed by atoms with Gasteiger partial charge in [-0.25, -0.2) is 9.78 Å². The van der Waals surface area contributed by atoms with E-state index in [4.69, 9.17) is 14.4 Å². The SMILES string of the molecule is O=C(O)c1ccc(N2[C@@H]3CC[C@H]2C[C@@H](OCc2c(-c4ccccc4OC(F)(F)F)noc2C2CC2)C3)nc1. The molecule has 200 valence electrons. The number of fused-ring (bicyclic) bond motifs is 2. The van der Waals surface area contributed by atoms with E-state index in [9.17, 15) is 18.0 Å². The molecule has 4 heterocycles. The highest BCUT2D eigenvalue weighted by molar-refractivity contribution is 5.87. The summed E-state index contributed by atoms with van der Waals surface area (Å²) in [5.74, 6) is 0.294. The number of benzene rings is 1. The highest BCUT2D eigenvalue weighted by Gasteiger charge is 2.42. The third-order valence-electron chi connectivity index (χ3n) is 7.55. The number of piperidine rings is 1. The minimum absolute atomic E-state index is 0.0430. The van der Waals surface area contributed by atoms with Gasteiger partial charge in [-0.2, -0.15) is 0 Å². The number of rotatable bonds is 8. The van der Waals surface area contributed by atoms with Crippen molar-refractivity contribution in [2.75, 3.05) is 4.90 Å². The van der Waals surface area contributed by atoms with Gasteiger partial charge in [0.05, 0.1) is 18.3 Å². The Morgan fingerprint density at radius 1 is 1.08 bits per heavy atom. The van der Waals surface area contributed by atoms with E-state index < -0.39 is 12.3 Å². The maximum atomic E-state index is 13.0. The monoisotopic (exact) mass is 529 g/mol. The standard InChI is InChI=1S/C27H26F3N3O5/c28-27(29,30)37-22-4-2-1-3-20(22)24-21(25(38-32-24)15-5-6-15)14-36-19-11-17-8-9-18(12-19)33(17)23-10-7-16(13-31-23)26(34)35/h1-4,7,10,13,15,17-19H,5-6,8-9,11-12,14H2,(H,34,35)/t17-,18+,19+. The van der Waals surface area contributed by atoms with Crippen molar-refractivity contribution in [3.8, 4) is 17.0 Å². The maximum Gasteiger partial charge on any atom is 0.573 e. The van der Waals surface area contributed by atoms with Crippen molar-refractivity contribution < 1.29 is 37.1 Å². The molecule has 3 aromatic rings. The Kier molecular flexibility index (Phi) is 6.25. The van der Waals surface area contributed by atoms with E-state index >= 15 is 0 Å². The second-order valence-corrected chi connectivity index (χ2v) is 10.1. The number of carboxylic acid groups (broad SMARTS) is 1. The fourth-order valence-electron chi connectivity index (χ4n) is 5.72. The first-order valence-corrected chi connectivity index (χ1v) is 12.7. The molecule has 2 saturated heterocycles. The number of nitrogens with zero attached hydrogens (tertiary/aromatic N) is 3. The first-order chi connectivity index (χ1) is 18.3. The maximum absolute atomic E-state index is 13.0. The molecule has 2 bridgehead atoms. The number of pyridine rings is 1. The summed E-state index contributed by atoms with van der Waals surface area (Å²) in [6.45, 7) is 0.181. The Hall–Kier alpha value is -3.60. The summed E-state index contributed by atoms with van der Waals surface area (Å²) in [7, 11) is 0. The lowest BCUT2D eigenvalue weighted by atomic mass is 9.99. The lowest BCUT2D eigenvalue weighted by Gasteiger charge is -2.39. The van der Waals surface area contributed by atoms with E-state index in [2.05, 4.69) is 19.8 Å². The van der Waals surface area contributed by atoms with Gasteiger partial charge in [0, 0.05) is 35.3 Å². The molecule has 11 heteroatoms. The predicted octanol–water partition coefficient (Wildman–Crippen LogP) is 5.93. The molecule has 3 aliphatic rings. The number of aromatic nitrogens is 2. The molecule has 0 unspecified atom stereocenters. The zero-order chi connectivity index (χ0) is 26.4. The van der Waals surface area contributed by atoms with Crippen molar-refractivity contribution in [3.63, 3.8) is 0 Å². The second kappa shape index (κ2) is 9.61. The average molecular weight is 530 g/mol. The van der Waals surface area contributed by atoms with E-state index in [1.165, 1.54) is 18.3 Å². The summed E-state index contributed by atoms with van der Waals surface area (Å²) in [4.78, 5) is 17.8. The van der Waals surface area contributed by atoms with Crippen LogP contribution < -0.4 is 9.64 Å². The average Bonchev–Trinajstić information content (AvgIpc) is 3.58. The van der Waals surface area contributed by atoms with Crippen LogP contribution in [0.3, 0.4) is 0 Å². The summed E-state index contributed by atoms with van der Waals surface area (Å²) in [6.07, 6.45) is 1.91. The zero-order valence-electron chi connectivity index (χ0n) is 20.4.